The summed E-state index contributed by atoms with van der Waals surface area (Å²) in [6, 6.07) is 0.225. The molecule has 1 spiro atoms. The van der Waals surface area contributed by atoms with E-state index in [-0.39, 0.29) is 30.0 Å². The van der Waals surface area contributed by atoms with Crippen LogP contribution in [0.25, 0.3) is 0 Å². The fourth-order valence-electron chi connectivity index (χ4n) is 11.2. The molecule has 0 aromatic heterocycles. The Balaban J connectivity index is 1.12. The van der Waals surface area contributed by atoms with Crippen molar-refractivity contribution >= 4 is 11.8 Å². The Morgan fingerprint density at radius 3 is 2.42 bits per heavy atom. The highest BCUT2D eigenvalue weighted by Gasteiger charge is 2.68. The molecule has 2 heterocycles. The van der Waals surface area contributed by atoms with E-state index >= 15 is 0 Å². The van der Waals surface area contributed by atoms with Crippen molar-refractivity contribution in [3.63, 3.8) is 0 Å². The van der Waals surface area contributed by atoms with Crippen LogP contribution in [0.3, 0.4) is 0 Å². The molecule has 38 heavy (non-hydrogen) atoms. The number of carbonyl (C=O) groups is 2. The highest BCUT2D eigenvalue weighted by molar-refractivity contribution is 5.96. The zero-order chi connectivity index (χ0) is 27.0. The number of fused-ring (bicyclic) bond motifs is 7. The van der Waals surface area contributed by atoms with Crippen LogP contribution in [-0.2, 0) is 14.3 Å². The molecule has 6 rings (SSSR count). The molecular formula is C32H53N3O3. The highest BCUT2D eigenvalue weighted by atomic mass is 16.5. The van der Waals surface area contributed by atoms with E-state index in [2.05, 4.69) is 38.3 Å². The average Bonchev–Trinajstić information content (AvgIpc) is 3.31. The van der Waals surface area contributed by atoms with E-state index in [1.165, 1.54) is 56.3 Å². The highest BCUT2D eigenvalue weighted by Crippen LogP contribution is 2.71. The Morgan fingerprint density at radius 2 is 1.71 bits per heavy atom. The van der Waals surface area contributed by atoms with E-state index < -0.39 is 0 Å². The SMILES string of the molecule is C[C@@H]1CC[C@@]2(NC1)O[C@H]1C[C@H]3[C@@H]4CC[C@@H]5C[C@H](NC(=O)CC(=O)N(C)C)CC[C@]5(C)[C@H]4CC[C@]3(C)[C@H]1[C@@H]2C. The molecule has 2 aliphatic heterocycles. The van der Waals surface area contributed by atoms with E-state index in [4.69, 9.17) is 4.74 Å². The largest absolute Gasteiger partial charge is 0.357 e. The zero-order valence-corrected chi connectivity index (χ0v) is 24.9. The Bertz CT molecular complexity index is 944. The predicted octanol–water partition coefficient (Wildman–Crippen LogP) is 4.97. The first-order valence-corrected chi connectivity index (χ1v) is 15.9. The van der Waals surface area contributed by atoms with E-state index in [0.717, 1.165) is 43.1 Å². The third-order valence-corrected chi connectivity index (χ3v) is 13.3. The van der Waals surface area contributed by atoms with Crippen LogP contribution in [0, 0.1) is 52.3 Å². The maximum absolute atomic E-state index is 12.5. The van der Waals surface area contributed by atoms with Crippen LogP contribution in [0.2, 0.25) is 0 Å². The monoisotopic (exact) mass is 527 g/mol. The maximum Gasteiger partial charge on any atom is 0.231 e. The molecule has 6 aliphatic rings. The second-order valence-corrected chi connectivity index (χ2v) is 15.3. The van der Waals surface area contributed by atoms with Crippen LogP contribution in [-0.4, -0.2) is 55.2 Å². The van der Waals surface area contributed by atoms with Crippen molar-refractivity contribution in [3.8, 4) is 0 Å². The van der Waals surface area contributed by atoms with Gasteiger partial charge in [-0.05, 0) is 111 Å². The molecule has 2 N–H and O–H groups in total. The summed E-state index contributed by atoms with van der Waals surface area (Å²) in [7, 11) is 3.43. The molecule has 0 bridgehead atoms. The minimum atomic E-state index is -0.117. The van der Waals surface area contributed by atoms with Crippen LogP contribution in [0.5, 0.6) is 0 Å². The van der Waals surface area contributed by atoms with Gasteiger partial charge in [-0.3, -0.25) is 14.9 Å². The fourth-order valence-corrected chi connectivity index (χ4v) is 11.2. The minimum absolute atomic E-state index is 0.0327. The molecule has 12 atom stereocenters. The van der Waals surface area contributed by atoms with E-state index in [1.54, 1.807) is 14.1 Å². The summed E-state index contributed by atoms with van der Waals surface area (Å²) in [5, 5.41) is 7.12. The van der Waals surface area contributed by atoms with Gasteiger partial charge in [0, 0.05) is 32.6 Å². The van der Waals surface area contributed by atoms with E-state index in [9.17, 15) is 9.59 Å². The number of piperidine rings is 1. The number of carbonyl (C=O) groups excluding carboxylic acids is 2. The van der Waals surface area contributed by atoms with Crippen LogP contribution < -0.4 is 10.6 Å². The smallest absolute Gasteiger partial charge is 0.231 e. The summed E-state index contributed by atoms with van der Waals surface area (Å²) >= 11 is 0. The number of ether oxygens (including phenoxy) is 1. The topological polar surface area (TPSA) is 70.7 Å². The van der Waals surface area contributed by atoms with Gasteiger partial charge in [0.05, 0.1) is 6.10 Å². The zero-order valence-electron chi connectivity index (χ0n) is 24.9. The van der Waals surface area contributed by atoms with Crippen molar-refractivity contribution in [1.82, 2.24) is 15.5 Å². The second kappa shape index (κ2) is 9.46. The molecule has 0 aromatic rings. The molecule has 6 heteroatoms. The molecule has 0 unspecified atom stereocenters. The van der Waals surface area contributed by atoms with Gasteiger partial charge in [-0.25, -0.2) is 0 Å². The standard InChI is InChI=1S/C32H53N3O3/c1-19-9-14-32(33-18-19)20(2)29-26(38-32)16-25-23-8-7-21-15-22(34-27(36)17-28(37)35(5)6)10-12-30(21,3)24(23)11-13-31(25,29)4/h19-26,29,33H,7-18H2,1-6H3,(H,34,36)/t19-,20+,21-,22-,23-,24+,25+,26+,29+,30+,31+,32-/m1/s1. The second-order valence-electron chi connectivity index (χ2n) is 15.3. The molecule has 214 valence electrons. The molecule has 2 amide bonds. The lowest BCUT2D eigenvalue weighted by Crippen LogP contribution is -2.58. The molecule has 0 aromatic carbocycles. The Hall–Kier alpha value is -1.14. The van der Waals surface area contributed by atoms with Crippen molar-refractivity contribution in [2.45, 2.75) is 116 Å². The number of nitrogens with one attached hydrogen (secondary N) is 2. The van der Waals surface area contributed by atoms with Crippen molar-refractivity contribution in [2.24, 2.45) is 52.3 Å². The average molecular weight is 528 g/mol. The fraction of sp³-hybridized carbons (Fsp3) is 0.938. The Labute approximate surface area is 230 Å². The molecule has 2 saturated heterocycles. The van der Waals surface area contributed by atoms with Crippen molar-refractivity contribution in [1.29, 1.82) is 0 Å². The van der Waals surface area contributed by atoms with Crippen LogP contribution in [0.15, 0.2) is 0 Å². The van der Waals surface area contributed by atoms with Crippen molar-refractivity contribution < 1.29 is 14.3 Å². The van der Waals surface area contributed by atoms with Gasteiger partial charge in [-0.1, -0.05) is 27.7 Å². The first-order valence-electron chi connectivity index (χ1n) is 15.9. The van der Waals surface area contributed by atoms with Gasteiger partial charge < -0.3 is 15.0 Å². The minimum Gasteiger partial charge on any atom is -0.357 e. The number of nitrogens with zero attached hydrogens (tertiary/aromatic N) is 1. The number of hydrogen-bond acceptors (Lipinski definition) is 4. The number of hydrogen-bond donors (Lipinski definition) is 2. The van der Waals surface area contributed by atoms with Crippen molar-refractivity contribution in [3.05, 3.63) is 0 Å². The molecule has 4 aliphatic carbocycles. The summed E-state index contributed by atoms with van der Waals surface area (Å²) in [6.07, 6.45) is 12.8. The van der Waals surface area contributed by atoms with Gasteiger partial charge in [0.15, 0.2) is 0 Å². The van der Waals surface area contributed by atoms with E-state index in [0.29, 0.717) is 34.7 Å². The maximum atomic E-state index is 12.5. The summed E-state index contributed by atoms with van der Waals surface area (Å²) in [6.45, 7) is 11.2. The Morgan fingerprint density at radius 1 is 0.947 bits per heavy atom. The van der Waals surface area contributed by atoms with Crippen LogP contribution >= 0.6 is 0 Å². The summed E-state index contributed by atoms with van der Waals surface area (Å²) in [5.74, 6) is 4.94. The number of amides is 2. The summed E-state index contributed by atoms with van der Waals surface area (Å²) < 4.78 is 7.06. The van der Waals surface area contributed by atoms with Gasteiger partial charge in [0.2, 0.25) is 11.8 Å². The summed E-state index contributed by atoms with van der Waals surface area (Å²) in [5.41, 5.74) is 0.723. The normalized spacial score (nSPS) is 51.5. The molecule has 4 saturated carbocycles. The molecular weight excluding hydrogens is 474 g/mol. The Kier molecular flexibility index (Phi) is 6.74. The third kappa shape index (κ3) is 4.09. The van der Waals surface area contributed by atoms with Gasteiger partial charge in [-0.2, -0.15) is 0 Å². The van der Waals surface area contributed by atoms with Gasteiger partial charge in [0.25, 0.3) is 0 Å². The molecule has 6 nitrogen and oxygen atoms in total. The third-order valence-electron chi connectivity index (χ3n) is 13.3. The lowest BCUT2D eigenvalue weighted by molar-refractivity contribution is -0.138. The van der Waals surface area contributed by atoms with Gasteiger partial charge in [-0.15, -0.1) is 0 Å². The van der Waals surface area contributed by atoms with Crippen LogP contribution in [0.1, 0.15) is 98.3 Å². The quantitative estimate of drug-likeness (QED) is 0.509. The van der Waals surface area contributed by atoms with Gasteiger partial charge in [0.1, 0.15) is 12.1 Å². The molecule has 6 fully saturated rings. The lowest BCUT2D eigenvalue weighted by Gasteiger charge is -2.61. The van der Waals surface area contributed by atoms with Gasteiger partial charge >= 0.3 is 0 Å². The van der Waals surface area contributed by atoms with E-state index in [1.807, 2.05) is 0 Å². The lowest BCUT2D eigenvalue weighted by atomic mass is 9.44. The first kappa shape index (κ1) is 27.1. The first-order chi connectivity index (χ1) is 18.0. The predicted molar refractivity (Wildman–Crippen MR) is 149 cm³/mol. The number of rotatable bonds is 3. The summed E-state index contributed by atoms with van der Waals surface area (Å²) in [4.78, 5) is 26.0. The van der Waals surface area contributed by atoms with Crippen LogP contribution in [0.4, 0.5) is 0 Å². The molecule has 0 radical (unpaired) electrons. The van der Waals surface area contributed by atoms with Crippen molar-refractivity contribution in [2.75, 3.05) is 20.6 Å².